The Morgan fingerprint density at radius 1 is 1.19 bits per heavy atom. The highest BCUT2D eigenvalue weighted by Gasteiger charge is 2.43. The number of likely N-dealkylation sites (tertiary alicyclic amines) is 1. The fourth-order valence-corrected chi connectivity index (χ4v) is 4.85. The summed E-state index contributed by atoms with van der Waals surface area (Å²) in [6, 6.07) is 6.52. The van der Waals surface area contributed by atoms with Gasteiger partial charge in [0.1, 0.15) is 5.75 Å². The fourth-order valence-electron chi connectivity index (χ4n) is 4.22. The molecule has 7 heteroatoms. The van der Waals surface area contributed by atoms with E-state index in [0.29, 0.717) is 35.0 Å². The molecule has 27 heavy (non-hydrogen) atoms. The van der Waals surface area contributed by atoms with Crippen molar-refractivity contribution in [1.29, 1.82) is 0 Å². The summed E-state index contributed by atoms with van der Waals surface area (Å²) in [7, 11) is -3.18. The van der Waals surface area contributed by atoms with Gasteiger partial charge in [-0.2, -0.15) is 0 Å². The number of benzene rings is 1. The number of nitrogens with zero attached hydrogens (tertiary/aromatic N) is 1. The Bertz CT molecular complexity index is 723. The lowest BCUT2D eigenvalue weighted by Gasteiger charge is -2.33. The van der Waals surface area contributed by atoms with Crippen molar-refractivity contribution in [3.8, 4) is 5.75 Å². The van der Waals surface area contributed by atoms with Crippen molar-refractivity contribution in [2.45, 2.75) is 43.4 Å². The molecule has 1 saturated carbocycles. The van der Waals surface area contributed by atoms with Crippen LogP contribution in [-0.2, 0) is 9.84 Å². The van der Waals surface area contributed by atoms with Crippen LogP contribution in [0.25, 0.3) is 0 Å². The molecule has 0 unspecified atom stereocenters. The number of piperidine rings is 1. The van der Waals surface area contributed by atoms with Gasteiger partial charge >= 0.3 is 0 Å². The lowest BCUT2D eigenvalue weighted by molar-refractivity contribution is -0.0232. The Morgan fingerprint density at radius 2 is 1.81 bits per heavy atom. The summed E-state index contributed by atoms with van der Waals surface area (Å²) < 4.78 is 54.9. The Labute approximate surface area is 160 Å². The van der Waals surface area contributed by atoms with Crippen LogP contribution in [0.3, 0.4) is 0 Å². The first kappa shape index (κ1) is 20.5. The van der Waals surface area contributed by atoms with Crippen molar-refractivity contribution < 1.29 is 21.9 Å². The van der Waals surface area contributed by atoms with Crippen molar-refractivity contribution in [3.63, 3.8) is 0 Å². The number of halogens is 2. The van der Waals surface area contributed by atoms with Crippen molar-refractivity contribution in [2.24, 2.45) is 17.8 Å². The van der Waals surface area contributed by atoms with Crippen LogP contribution in [0.4, 0.5) is 8.78 Å². The maximum Gasteiger partial charge on any atom is 0.257 e. The lowest BCUT2D eigenvalue weighted by Crippen LogP contribution is -2.41. The summed E-state index contributed by atoms with van der Waals surface area (Å²) in [5.74, 6) is 0.125. The van der Waals surface area contributed by atoms with Crippen molar-refractivity contribution in [2.75, 3.05) is 32.5 Å². The second-order valence-corrected chi connectivity index (χ2v) is 10.2. The van der Waals surface area contributed by atoms with Crippen LogP contribution in [0.15, 0.2) is 29.2 Å². The minimum Gasteiger partial charge on any atom is -0.494 e. The molecular weight excluding hydrogens is 372 g/mol. The molecule has 4 nitrogen and oxygen atoms in total. The highest BCUT2D eigenvalue weighted by molar-refractivity contribution is 7.90. The number of ether oxygens (including phenoxy) is 1. The van der Waals surface area contributed by atoms with Gasteiger partial charge in [-0.1, -0.05) is 0 Å². The minimum atomic E-state index is -3.18. The van der Waals surface area contributed by atoms with Crippen LogP contribution in [0, 0.1) is 17.8 Å². The number of sulfone groups is 1. The number of hydrogen-bond acceptors (Lipinski definition) is 4. The second kappa shape index (κ2) is 8.03. The van der Waals surface area contributed by atoms with E-state index >= 15 is 0 Å². The molecule has 1 aliphatic heterocycles. The molecule has 2 atom stereocenters. The van der Waals surface area contributed by atoms with Gasteiger partial charge < -0.3 is 4.74 Å². The summed E-state index contributed by atoms with van der Waals surface area (Å²) in [5.41, 5.74) is 0. The van der Waals surface area contributed by atoms with Gasteiger partial charge in [-0.15, -0.1) is 0 Å². The van der Waals surface area contributed by atoms with E-state index in [1.165, 1.54) is 12.7 Å². The summed E-state index contributed by atoms with van der Waals surface area (Å²) in [5, 5.41) is 0. The van der Waals surface area contributed by atoms with E-state index in [4.69, 9.17) is 4.74 Å². The van der Waals surface area contributed by atoms with Gasteiger partial charge in [0.05, 0.1) is 18.0 Å². The third-order valence-corrected chi connectivity index (χ3v) is 6.85. The number of rotatable bonds is 8. The van der Waals surface area contributed by atoms with Gasteiger partial charge in [0, 0.05) is 13.2 Å². The average Bonchev–Trinajstić information content (AvgIpc) is 3.33. The zero-order valence-corrected chi connectivity index (χ0v) is 16.9. The zero-order chi connectivity index (χ0) is 19.7. The largest absolute Gasteiger partial charge is 0.494 e. The Kier molecular flexibility index (Phi) is 6.11. The molecular formula is C20H29F2NO3S. The quantitative estimate of drug-likeness (QED) is 0.664. The smallest absolute Gasteiger partial charge is 0.257 e. The van der Waals surface area contributed by atoms with E-state index in [1.807, 2.05) is 4.90 Å². The van der Waals surface area contributed by atoms with Crippen LogP contribution in [0.1, 0.15) is 32.6 Å². The molecule has 1 aromatic rings. The van der Waals surface area contributed by atoms with Gasteiger partial charge in [-0.25, -0.2) is 17.2 Å². The summed E-state index contributed by atoms with van der Waals surface area (Å²) in [6.45, 7) is 3.05. The molecule has 152 valence electrons. The maximum atomic E-state index is 13.1. The molecule has 1 heterocycles. The third kappa shape index (κ3) is 6.14. The molecule has 0 spiro atoms. The first-order chi connectivity index (χ1) is 12.6. The van der Waals surface area contributed by atoms with Crippen molar-refractivity contribution >= 4 is 9.84 Å². The molecule has 2 fully saturated rings. The van der Waals surface area contributed by atoms with Crippen LogP contribution in [0.2, 0.25) is 0 Å². The second-order valence-electron chi connectivity index (χ2n) is 8.22. The summed E-state index contributed by atoms with van der Waals surface area (Å²) in [6.07, 6.45) is 5.43. The third-order valence-electron chi connectivity index (χ3n) is 5.73. The SMILES string of the molecule is CC(F)(F)CN1CCC([C@H]2C[C@H]2CCOc2ccc(S(C)(=O)=O)cc2)CC1. The molecule has 0 bridgehead atoms. The number of alkyl halides is 2. The standard InChI is InChI=1S/C20H29F2NO3S/c1-20(21,22)14-23-10-7-15(8-11-23)19-13-16(19)9-12-26-17-3-5-18(6-4-17)27(2,24)25/h3-6,15-16,19H,7-14H2,1-2H3/t16-,19-/m1/s1. The van der Waals surface area contributed by atoms with Crippen LogP contribution < -0.4 is 4.74 Å². The van der Waals surface area contributed by atoms with Gasteiger partial charge in [0.2, 0.25) is 0 Å². The van der Waals surface area contributed by atoms with E-state index in [2.05, 4.69) is 0 Å². The first-order valence-electron chi connectivity index (χ1n) is 9.65. The molecule has 0 radical (unpaired) electrons. The molecule has 2 aliphatic rings. The fraction of sp³-hybridized carbons (Fsp3) is 0.700. The Hall–Kier alpha value is -1.21. The van der Waals surface area contributed by atoms with E-state index < -0.39 is 15.8 Å². The topological polar surface area (TPSA) is 46.6 Å². The monoisotopic (exact) mass is 401 g/mol. The zero-order valence-electron chi connectivity index (χ0n) is 16.0. The van der Waals surface area contributed by atoms with Crippen LogP contribution in [0.5, 0.6) is 5.75 Å². The lowest BCUT2D eigenvalue weighted by atomic mass is 9.90. The summed E-state index contributed by atoms with van der Waals surface area (Å²) >= 11 is 0. The highest BCUT2D eigenvalue weighted by Crippen LogP contribution is 2.49. The highest BCUT2D eigenvalue weighted by atomic mass is 32.2. The normalized spacial score (nSPS) is 24.7. The molecule has 1 aromatic carbocycles. The van der Waals surface area contributed by atoms with E-state index in [9.17, 15) is 17.2 Å². The molecule has 3 rings (SSSR count). The molecule has 0 N–H and O–H groups in total. The van der Waals surface area contributed by atoms with Crippen LogP contribution >= 0.6 is 0 Å². The molecule has 1 aliphatic carbocycles. The van der Waals surface area contributed by atoms with E-state index in [-0.39, 0.29) is 6.54 Å². The summed E-state index contributed by atoms with van der Waals surface area (Å²) in [4.78, 5) is 2.18. The average molecular weight is 402 g/mol. The van der Waals surface area contributed by atoms with E-state index in [0.717, 1.165) is 39.3 Å². The first-order valence-corrected chi connectivity index (χ1v) is 11.5. The molecule has 1 saturated heterocycles. The number of hydrogen-bond donors (Lipinski definition) is 0. The van der Waals surface area contributed by atoms with Gasteiger partial charge in [-0.05, 0) is 80.8 Å². The molecule has 0 amide bonds. The van der Waals surface area contributed by atoms with Gasteiger partial charge in [-0.3, -0.25) is 4.90 Å². The van der Waals surface area contributed by atoms with Gasteiger partial charge in [0.15, 0.2) is 9.84 Å². The van der Waals surface area contributed by atoms with Crippen LogP contribution in [-0.4, -0.2) is 51.7 Å². The predicted molar refractivity (Wildman–Crippen MR) is 101 cm³/mol. The van der Waals surface area contributed by atoms with E-state index in [1.54, 1.807) is 24.3 Å². The Balaban J connectivity index is 1.35. The maximum absolute atomic E-state index is 13.1. The van der Waals surface area contributed by atoms with Crippen molar-refractivity contribution in [1.82, 2.24) is 4.90 Å². The minimum absolute atomic E-state index is 0.125. The van der Waals surface area contributed by atoms with Crippen molar-refractivity contribution in [3.05, 3.63) is 24.3 Å². The Morgan fingerprint density at radius 3 is 2.37 bits per heavy atom. The molecule has 0 aromatic heterocycles. The predicted octanol–water partition coefficient (Wildman–Crippen LogP) is 3.86. The van der Waals surface area contributed by atoms with Gasteiger partial charge in [0.25, 0.3) is 5.92 Å².